The summed E-state index contributed by atoms with van der Waals surface area (Å²) < 4.78 is 0. The summed E-state index contributed by atoms with van der Waals surface area (Å²) >= 11 is 0. The van der Waals surface area contributed by atoms with E-state index < -0.39 is 0 Å². The summed E-state index contributed by atoms with van der Waals surface area (Å²) in [6.07, 6.45) is 5.52. The maximum Gasteiger partial charge on any atom is 0.221 e. The second kappa shape index (κ2) is 6.50. The van der Waals surface area contributed by atoms with Crippen molar-refractivity contribution in [3.8, 4) is 0 Å². The first-order valence-electron chi connectivity index (χ1n) is 8.00. The maximum atomic E-state index is 10.9. The lowest BCUT2D eigenvalue weighted by molar-refractivity contribution is -0.117. The van der Waals surface area contributed by atoms with Gasteiger partial charge in [-0.3, -0.25) is 4.79 Å². The van der Waals surface area contributed by atoms with Gasteiger partial charge in [-0.15, -0.1) is 0 Å². The van der Waals surface area contributed by atoms with Crippen LogP contribution in [0.2, 0.25) is 0 Å². The third kappa shape index (κ3) is 4.48. The standard InChI is InChI=1S/C18H28N2O/c1-18(2,3)15-6-4-5-7-16(15)20-14-10-8-13(9-11-14)12-17(19)21/h8-11,15-16,20H,4-7,12H2,1-3H3,(H2,19,21). The van der Waals surface area contributed by atoms with Crippen LogP contribution < -0.4 is 11.1 Å². The van der Waals surface area contributed by atoms with Crippen LogP contribution in [-0.2, 0) is 11.2 Å². The number of carbonyl (C=O) groups is 1. The highest BCUT2D eigenvalue weighted by molar-refractivity contribution is 5.76. The van der Waals surface area contributed by atoms with Gasteiger partial charge in [0.2, 0.25) is 5.91 Å². The minimum Gasteiger partial charge on any atom is -0.382 e. The first kappa shape index (κ1) is 15.9. The summed E-state index contributed by atoms with van der Waals surface area (Å²) in [6, 6.07) is 8.64. The van der Waals surface area contributed by atoms with E-state index in [9.17, 15) is 4.79 Å². The quantitative estimate of drug-likeness (QED) is 0.887. The molecule has 0 saturated heterocycles. The number of anilines is 1. The maximum absolute atomic E-state index is 10.9. The molecule has 1 aliphatic rings. The Morgan fingerprint density at radius 3 is 2.38 bits per heavy atom. The van der Waals surface area contributed by atoms with Gasteiger partial charge in [-0.2, -0.15) is 0 Å². The first-order valence-corrected chi connectivity index (χ1v) is 8.00. The molecule has 0 heterocycles. The second-order valence-corrected chi connectivity index (χ2v) is 7.35. The average molecular weight is 288 g/mol. The van der Waals surface area contributed by atoms with E-state index in [-0.39, 0.29) is 5.91 Å². The third-order valence-electron chi connectivity index (χ3n) is 4.56. The van der Waals surface area contributed by atoms with Crippen molar-refractivity contribution in [3.05, 3.63) is 29.8 Å². The molecule has 21 heavy (non-hydrogen) atoms. The van der Waals surface area contributed by atoms with Crippen molar-refractivity contribution in [2.45, 2.75) is 58.9 Å². The highest BCUT2D eigenvalue weighted by Gasteiger charge is 2.33. The zero-order valence-electron chi connectivity index (χ0n) is 13.5. The summed E-state index contributed by atoms with van der Waals surface area (Å²) in [5.41, 5.74) is 7.68. The number of hydrogen-bond acceptors (Lipinski definition) is 2. The van der Waals surface area contributed by atoms with Gasteiger partial charge in [-0.1, -0.05) is 45.7 Å². The minimum atomic E-state index is -0.282. The fourth-order valence-electron chi connectivity index (χ4n) is 3.47. The van der Waals surface area contributed by atoms with Crippen LogP contribution in [0.5, 0.6) is 0 Å². The SMILES string of the molecule is CC(C)(C)C1CCCCC1Nc1ccc(CC(N)=O)cc1. The summed E-state index contributed by atoms with van der Waals surface area (Å²) in [7, 11) is 0. The number of benzene rings is 1. The van der Waals surface area contributed by atoms with Gasteiger partial charge in [0, 0.05) is 11.7 Å². The summed E-state index contributed by atoms with van der Waals surface area (Å²) in [6.45, 7) is 7.02. The van der Waals surface area contributed by atoms with Gasteiger partial charge >= 0.3 is 0 Å². The number of carbonyl (C=O) groups excluding carboxylic acids is 1. The van der Waals surface area contributed by atoms with Gasteiger partial charge in [0.05, 0.1) is 6.42 Å². The predicted octanol–water partition coefficient (Wildman–Crippen LogP) is 3.73. The summed E-state index contributed by atoms with van der Waals surface area (Å²) in [4.78, 5) is 10.9. The zero-order valence-corrected chi connectivity index (χ0v) is 13.5. The smallest absolute Gasteiger partial charge is 0.221 e. The Hall–Kier alpha value is -1.51. The molecule has 1 aromatic carbocycles. The molecule has 0 aromatic heterocycles. The minimum absolute atomic E-state index is 0.282. The Kier molecular flexibility index (Phi) is 4.92. The molecule has 2 unspecified atom stereocenters. The molecular formula is C18H28N2O. The van der Waals surface area contributed by atoms with E-state index in [1.54, 1.807) is 0 Å². The van der Waals surface area contributed by atoms with Crippen LogP contribution in [0.4, 0.5) is 5.69 Å². The second-order valence-electron chi connectivity index (χ2n) is 7.35. The van der Waals surface area contributed by atoms with Crippen molar-refractivity contribution in [3.63, 3.8) is 0 Å². The van der Waals surface area contributed by atoms with Gasteiger partial charge in [0.25, 0.3) is 0 Å². The number of nitrogens with one attached hydrogen (secondary N) is 1. The van der Waals surface area contributed by atoms with Gasteiger partial charge in [-0.05, 0) is 41.9 Å². The molecule has 1 saturated carbocycles. The van der Waals surface area contributed by atoms with Crippen LogP contribution in [0.3, 0.4) is 0 Å². The molecular weight excluding hydrogens is 260 g/mol. The van der Waals surface area contributed by atoms with Crippen LogP contribution in [0.15, 0.2) is 24.3 Å². The van der Waals surface area contributed by atoms with E-state index in [0.717, 1.165) is 11.3 Å². The summed E-state index contributed by atoms with van der Waals surface area (Å²) in [5, 5.41) is 3.70. The van der Waals surface area contributed by atoms with Crippen LogP contribution in [0.1, 0.15) is 52.0 Å². The Labute approximate surface area is 128 Å². The number of amides is 1. The van der Waals surface area contributed by atoms with E-state index in [1.807, 2.05) is 12.1 Å². The molecule has 3 heteroatoms. The molecule has 0 radical (unpaired) electrons. The molecule has 116 valence electrons. The monoisotopic (exact) mass is 288 g/mol. The molecule has 1 fully saturated rings. The van der Waals surface area contributed by atoms with Crippen LogP contribution in [0, 0.1) is 11.3 Å². The molecule has 2 rings (SSSR count). The largest absolute Gasteiger partial charge is 0.382 e. The molecule has 3 N–H and O–H groups in total. The highest BCUT2D eigenvalue weighted by atomic mass is 16.1. The lowest BCUT2D eigenvalue weighted by Crippen LogP contribution is -2.39. The van der Waals surface area contributed by atoms with E-state index in [2.05, 4.69) is 38.2 Å². The first-order chi connectivity index (χ1) is 9.86. The number of hydrogen-bond donors (Lipinski definition) is 2. The normalized spacial score (nSPS) is 22.8. The van der Waals surface area contributed by atoms with Crippen molar-refractivity contribution in [1.29, 1.82) is 0 Å². The molecule has 1 aromatic rings. The Morgan fingerprint density at radius 1 is 1.19 bits per heavy atom. The fraction of sp³-hybridized carbons (Fsp3) is 0.611. The van der Waals surface area contributed by atoms with Crippen molar-refractivity contribution < 1.29 is 4.79 Å². The predicted molar refractivity (Wildman–Crippen MR) is 88.2 cm³/mol. The van der Waals surface area contributed by atoms with Crippen molar-refractivity contribution in [2.24, 2.45) is 17.1 Å². The molecule has 0 bridgehead atoms. The average Bonchev–Trinajstić information content (AvgIpc) is 2.40. The summed E-state index contributed by atoms with van der Waals surface area (Å²) in [5.74, 6) is 0.423. The van der Waals surface area contributed by atoms with E-state index >= 15 is 0 Å². The van der Waals surface area contributed by atoms with Crippen LogP contribution in [-0.4, -0.2) is 11.9 Å². The zero-order chi connectivity index (χ0) is 15.5. The fourth-order valence-corrected chi connectivity index (χ4v) is 3.47. The molecule has 1 aliphatic carbocycles. The van der Waals surface area contributed by atoms with Crippen molar-refractivity contribution in [1.82, 2.24) is 0 Å². The lowest BCUT2D eigenvalue weighted by atomic mass is 9.69. The Balaban J connectivity index is 2.03. The topological polar surface area (TPSA) is 55.1 Å². The molecule has 0 spiro atoms. The van der Waals surface area contributed by atoms with E-state index in [0.29, 0.717) is 23.8 Å². The van der Waals surface area contributed by atoms with Gasteiger partial charge in [0.1, 0.15) is 0 Å². The van der Waals surface area contributed by atoms with E-state index in [4.69, 9.17) is 5.73 Å². The van der Waals surface area contributed by atoms with Gasteiger partial charge in [0.15, 0.2) is 0 Å². The number of rotatable bonds is 4. The molecule has 2 atom stereocenters. The van der Waals surface area contributed by atoms with Crippen LogP contribution >= 0.6 is 0 Å². The van der Waals surface area contributed by atoms with Crippen LogP contribution in [0.25, 0.3) is 0 Å². The molecule has 3 nitrogen and oxygen atoms in total. The van der Waals surface area contributed by atoms with Gasteiger partial charge in [-0.25, -0.2) is 0 Å². The van der Waals surface area contributed by atoms with Crippen molar-refractivity contribution in [2.75, 3.05) is 5.32 Å². The van der Waals surface area contributed by atoms with Gasteiger partial charge < -0.3 is 11.1 Å². The number of nitrogens with two attached hydrogens (primary N) is 1. The van der Waals surface area contributed by atoms with E-state index in [1.165, 1.54) is 25.7 Å². The lowest BCUT2D eigenvalue weighted by Gasteiger charge is -2.41. The Morgan fingerprint density at radius 2 is 1.81 bits per heavy atom. The third-order valence-corrected chi connectivity index (χ3v) is 4.56. The Bertz CT molecular complexity index is 473. The molecule has 0 aliphatic heterocycles. The molecule has 1 amide bonds. The highest BCUT2D eigenvalue weighted by Crippen LogP contribution is 2.39. The number of primary amides is 1. The van der Waals surface area contributed by atoms with Crippen molar-refractivity contribution >= 4 is 11.6 Å².